The highest BCUT2D eigenvalue weighted by Crippen LogP contribution is 2.15. The van der Waals surface area contributed by atoms with Crippen LogP contribution in [-0.2, 0) is 6.42 Å². The summed E-state index contributed by atoms with van der Waals surface area (Å²) in [6, 6.07) is 2.04. The van der Waals surface area contributed by atoms with E-state index in [9.17, 15) is 0 Å². The van der Waals surface area contributed by atoms with Gasteiger partial charge >= 0.3 is 0 Å². The van der Waals surface area contributed by atoms with E-state index in [1.165, 1.54) is 19.4 Å². The predicted molar refractivity (Wildman–Crippen MR) is 50.5 cm³/mol. The maximum Gasteiger partial charge on any atom is 0.133 e. The highest BCUT2D eigenvalue weighted by atomic mass is 16.5. The van der Waals surface area contributed by atoms with Gasteiger partial charge in [-0.25, -0.2) is 0 Å². The van der Waals surface area contributed by atoms with Crippen molar-refractivity contribution in [3.63, 3.8) is 0 Å². The molecule has 1 saturated heterocycles. The van der Waals surface area contributed by atoms with Crippen molar-refractivity contribution in [3.05, 3.63) is 17.5 Å². The molecule has 2 heterocycles. The van der Waals surface area contributed by atoms with Crippen molar-refractivity contribution in [1.29, 1.82) is 0 Å². The monoisotopic (exact) mass is 180 g/mol. The summed E-state index contributed by atoms with van der Waals surface area (Å²) < 4.78 is 5.04. The van der Waals surface area contributed by atoms with E-state index in [1.807, 2.05) is 13.0 Å². The fourth-order valence-electron chi connectivity index (χ4n) is 1.91. The molecule has 1 unspecified atom stereocenters. The third kappa shape index (κ3) is 2.31. The Bertz CT molecular complexity index is 264. The van der Waals surface area contributed by atoms with Gasteiger partial charge in [0, 0.05) is 6.07 Å². The zero-order valence-electron chi connectivity index (χ0n) is 8.05. The molecule has 0 spiro atoms. The fraction of sp³-hybridized carbons (Fsp3) is 0.700. The first-order chi connectivity index (χ1) is 6.34. The Labute approximate surface area is 78.5 Å². The number of piperidine rings is 1. The lowest BCUT2D eigenvalue weighted by atomic mass is 9.95. The summed E-state index contributed by atoms with van der Waals surface area (Å²) in [7, 11) is 0. The van der Waals surface area contributed by atoms with Gasteiger partial charge in [-0.3, -0.25) is 0 Å². The van der Waals surface area contributed by atoms with Gasteiger partial charge < -0.3 is 9.84 Å². The van der Waals surface area contributed by atoms with Gasteiger partial charge in [-0.15, -0.1) is 0 Å². The molecule has 0 saturated carbocycles. The standard InChI is InChI=1S/C10H16N2O/c1-8-5-10(12-13-8)6-9-3-2-4-11-7-9/h5,9,11H,2-4,6-7H2,1H3. The van der Waals surface area contributed by atoms with Crippen LogP contribution in [0.3, 0.4) is 0 Å². The quantitative estimate of drug-likeness (QED) is 0.750. The molecule has 1 aromatic rings. The van der Waals surface area contributed by atoms with Crippen LogP contribution in [-0.4, -0.2) is 18.2 Å². The fourth-order valence-corrected chi connectivity index (χ4v) is 1.91. The number of aryl methyl sites for hydroxylation is 1. The van der Waals surface area contributed by atoms with Gasteiger partial charge in [0.1, 0.15) is 5.76 Å². The summed E-state index contributed by atoms with van der Waals surface area (Å²) in [6.45, 7) is 4.25. The van der Waals surface area contributed by atoms with E-state index in [4.69, 9.17) is 4.52 Å². The first-order valence-electron chi connectivity index (χ1n) is 4.97. The molecule has 1 aromatic heterocycles. The number of nitrogens with one attached hydrogen (secondary N) is 1. The smallest absolute Gasteiger partial charge is 0.133 e. The Morgan fingerprint density at radius 3 is 3.23 bits per heavy atom. The summed E-state index contributed by atoms with van der Waals surface area (Å²) >= 11 is 0. The van der Waals surface area contributed by atoms with E-state index in [0.29, 0.717) is 0 Å². The van der Waals surface area contributed by atoms with E-state index in [0.717, 1.165) is 30.3 Å². The van der Waals surface area contributed by atoms with Crippen molar-refractivity contribution >= 4 is 0 Å². The predicted octanol–water partition coefficient (Wildman–Crippen LogP) is 1.53. The van der Waals surface area contributed by atoms with Crippen molar-refractivity contribution in [2.45, 2.75) is 26.2 Å². The Morgan fingerprint density at radius 2 is 2.62 bits per heavy atom. The second-order valence-electron chi connectivity index (χ2n) is 3.85. The van der Waals surface area contributed by atoms with Crippen molar-refractivity contribution < 1.29 is 4.52 Å². The van der Waals surface area contributed by atoms with E-state index in [-0.39, 0.29) is 0 Å². The number of aromatic nitrogens is 1. The molecule has 0 radical (unpaired) electrons. The van der Waals surface area contributed by atoms with Gasteiger partial charge in [0.2, 0.25) is 0 Å². The number of hydrogen-bond acceptors (Lipinski definition) is 3. The van der Waals surface area contributed by atoms with Crippen LogP contribution in [0.15, 0.2) is 10.6 Å². The molecule has 13 heavy (non-hydrogen) atoms. The molecule has 1 fully saturated rings. The molecule has 0 amide bonds. The number of rotatable bonds is 2. The third-order valence-corrected chi connectivity index (χ3v) is 2.57. The van der Waals surface area contributed by atoms with Crippen molar-refractivity contribution in [2.24, 2.45) is 5.92 Å². The molecule has 1 atom stereocenters. The third-order valence-electron chi connectivity index (χ3n) is 2.57. The zero-order chi connectivity index (χ0) is 9.10. The first-order valence-corrected chi connectivity index (χ1v) is 4.97. The Hall–Kier alpha value is -0.830. The van der Waals surface area contributed by atoms with Crippen molar-refractivity contribution in [2.75, 3.05) is 13.1 Å². The minimum absolute atomic E-state index is 0.748. The lowest BCUT2D eigenvalue weighted by Crippen LogP contribution is -2.30. The summed E-state index contributed by atoms with van der Waals surface area (Å²) in [5.74, 6) is 1.66. The second-order valence-corrected chi connectivity index (χ2v) is 3.85. The largest absolute Gasteiger partial charge is 0.361 e. The average Bonchev–Trinajstić information content (AvgIpc) is 2.53. The van der Waals surface area contributed by atoms with Gasteiger partial charge in [-0.05, 0) is 45.2 Å². The maximum atomic E-state index is 5.04. The van der Waals surface area contributed by atoms with Crippen LogP contribution in [0.5, 0.6) is 0 Å². The van der Waals surface area contributed by atoms with Gasteiger partial charge in [0.15, 0.2) is 0 Å². The number of hydrogen-bond donors (Lipinski definition) is 1. The Balaban J connectivity index is 1.89. The highest BCUT2D eigenvalue weighted by molar-refractivity contribution is 5.04. The molecule has 1 aliphatic rings. The SMILES string of the molecule is Cc1cc(CC2CCCNC2)no1. The lowest BCUT2D eigenvalue weighted by Gasteiger charge is -2.21. The molecular weight excluding hydrogens is 164 g/mol. The van der Waals surface area contributed by atoms with E-state index < -0.39 is 0 Å². The van der Waals surface area contributed by atoms with Crippen molar-refractivity contribution in [1.82, 2.24) is 10.5 Å². The average molecular weight is 180 g/mol. The van der Waals surface area contributed by atoms with Crippen LogP contribution < -0.4 is 5.32 Å². The molecule has 3 heteroatoms. The topological polar surface area (TPSA) is 38.1 Å². The van der Waals surface area contributed by atoms with Crippen LogP contribution >= 0.6 is 0 Å². The van der Waals surface area contributed by atoms with E-state index >= 15 is 0 Å². The lowest BCUT2D eigenvalue weighted by molar-refractivity contribution is 0.354. The summed E-state index contributed by atoms with van der Waals surface area (Å²) in [5, 5.41) is 7.41. The molecular formula is C10H16N2O. The second kappa shape index (κ2) is 3.92. The molecule has 0 aliphatic carbocycles. The van der Waals surface area contributed by atoms with Crippen LogP contribution in [0.2, 0.25) is 0 Å². The minimum Gasteiger partial charge on any atom is -0.361 e. The van der Waals surface area contributed by atoms with Crippen LogP contribution in [0, 0.1) is 12.8 Å². The maximum absolute atomic E-state index is 5.04. The number of nitrogens with zero attached hydrogens (tertiary/aromatic N) is 1. The molecule has 0 aromatic carbocycles. The van der Waals surface area contributed by atoms with Gasteiger partial charge in [-0.2, -0.15) is 0 Å². The Morgan fingerprint density at radius 1 is 1.69 bits per heavy atom. The van der Waals surface area contributed by atoms with Gasteiger partial charge in [0.25, 0.3) is 0 Å². The molecule has 3 nitrogen and oxygen atoms in total. The van der Waals surface area contributed by atoms with E-state index in [2.05, 4.69) is 10.5 Å². The van der Waals surface area contributed by atoms with Crippen LogP contribution in [0.1, 0.15) is 24.3 Å². The molecule has 2 rings (SSSR count). The summed E-state index contributed by atoms with van der Waals surface area (Å²) in [6.07, 6.45) is 3.67. The summed E-state index contributed by atoms with van der Waals surface area (Å²) in [4.78, 5) is 0. The molecule has 0 bridgehead atoms. The zero-order valence-corrected chi connectivity index (χ0v) is 8.05. The molecule has 1 N–H and O–H groups in total. The first kappa shape index (κ1) is 8.75. The highest BCUT2D eigenvalue weighted by Gasteiger charge is 2.14. The van der Waals surface area contributed by atoms with E-state index in [1.54, 1.807) is 0 Å². The summed E-state index contributed by atoms with van der Waals surface area (Å²) in [5.41, 5.74) is 1.10. The normalized spacial score (nSPS) is 23.3. The Kier molecular flexibility index (Phi) is 2.64. The van der Waals surface area contributed by atoms with Crippen molar-refractivity contribution in [3.8, 4) is 0 Å². The molecule has 1 aliphatic heterocycles. The van der Waals surface area contributed by atoms with Gasteiger partial charge in [0.05, 0.1) is 5.69 Å². The minimum atomic E-state index is 0.748. The van der Waals surface area contributed by atoms with Crippen LogP contribution in [0.4, 0.5) is 0 Å². The van der Waals surface area contributed by atoms with Crippen LogP contribution in [0.25, 0.3) is 0 Å². The van der Waals surface area contributed by atoms with Gasteiger partial charge in [-0.1, -0.05) is 5.16 Å². The molecule has 72 valence electrons.